The summed E-state index contributed by atoms with van der Waals surface area (Å²) >= 11 is 0. The Hall–Kier alpha value is -5.87. The van der Waals surface area contributed by atoms with Crippen LogP contribution in [0.2, 0.25) is 0 Å². The highest BCUT2D eigenvalue weighted by atomic mass is 16.3. The summed E-state index contributed by atoms with van der Waals surface area (Å²) in [7, 11) is 0. The average molecular weight is 634 g/mol. The van der Waals surface area contributed by atoms with Gasteiger partial charge in [0.15, 0.2) is 17.5 Å². The van der Waals surface area contributed by atoms with Crippen molar-refractivity contribution in [3.63, 3.8) is 0 Å². The molecule has 0 fully saturated rings. The van der Waals surface area contributed by atoms with Gasteiger partial charge in [-0.05, 0) is 68.5 Å². The van der Waals surface area contributed by atoms with Gasteiger partial charge in [0.2, 0.25) is 0 Å². The molecule has 0 radical (unpaired) electrons. The van der Waals surface area contributed by atoms with Gasteiger partial charge in [-0.2, -0.15) is 0 Å². The minimum Gasteiger partial charge on any atom is -0.456 e. The van der Waals surface area contributed by atoms with Crippen LogP contribution in [0.15, 0.2) is 144 Å². The summed E-state index contributed by atoms with van der Waals surface area (Å²) in [6.45, 7) is 9.49. The molecule has 2 aromatic heterocycles. The fraction of sp³-hybridized carbons (Fsp3) is 0.133. The molecule has 0 N–H and O–H groups in total. The summed E-state index contributed by atoms with van der Waals surface area (Å²) in [5.74, 6) is 1.88. The molecule has 0 bridgehead atoms. The molecule has 0 atom stereocenters. The fourth-order valence-electron chi connectivity index (χ4n) is 7.55. The maximum Gasteiger partial charge on any atom is 0.164 e. The molecule has 8 aromatic rings. The molecule has 0 amide bonds. The van der Waals surface area contributed by atoms with Crippen molar-refractivity contribution in [2.24, 2.45) is 0 Å². The Labute approximate surface area is 286 Å². The Kier molecular flexibility index (Phi) is 6.47. The van der Waals surface area contributed by atoms with Crippen LogP contribution < -0.4 is 0 Å². The lowest BCUT2D eigenvalue weighted by atomic mass is 9.55. The highest BCUT2D eigenvalue weighted by Crippen LogP contribution is 2.54. The van der Waals surface area contributed by atoms with Crippen LogP contribution in [0.5, 0.6) is 0 Å². The first-order chi connectivity index (χ1) is 23.8. The number of aromatic nitrogens is 3. The zero-order valence-electron chi connectivity index (χ0n) is 28.0. The summed E-state index contributed by atoms with van der Waals surface area (Å²) in [5, 5.41) is 2.03. The first-order valence-corrected chi connectivity index (χ1v) is 16.9. The van der Waals surface area contributed by atoms with Gasteiger partial charge in [0.1, 0.15) is 11.2 Å². The van der Waals surface area contributed by atoms with Gasteiger partial charge in [0, 0.05) is 27.5 Å². The van der Waals surface area contributed by atoms with Crippen LogP contribution in [0.25, 0.3) is 78.4 Å². The largest absolute Gasteiger partial charge is 0.456 e. The van der Waals surface area contributed by atoms with Crippen LogP contribution in [-0.4, -0.2) is 15.0 Å². The Morgan fingerprint density at radius 1 is 0.408 bits per heavy atom. The van der Waals surface area contributed by atoms with Gasteiger partial charge in [-0.3, -0.25) is 0 Å². The van der Waals surface area contributed by atoms with E-state index in [-0.39, 0.29) is 10.8 Å². The number of hydrogen-bond donors (Lipinski definition) is 0. The summed E-state index contributed by atoms with van der Waals surface area (Å²) in [6.07, 6.45) is 0. The van der Waals surface area contributed by atoms with Crippen LogP contribution in [0.3, 0.4) is 0 Å². The van der Waals surface area contributed by atoms with Gasteiger partial charge in [-0.15, -0.1) is 0 Å². The van der Waals surface area contributed by atoms with E-state index < -0.39 is 0 Å². The first-order valence-electron chi connectivity index (χ1n) is 16.9. The van der Waals surface area contributed by atoms with Crippen LogP contribution in [-0.2, 0) is 10.8 Å². The lowest BCUT2D eigenvalue weighted by molar-refractivity contribution is 0.299. The Morgan fingerprint density at radius 2 is 0.959 bits per heavy atom. The van der Waals surface area contributed by atoms with Gasteiger partial charge in [0.05, 0.1) is 0 Å². The van der Waals surface area contributed by atoms with E-state index in [9.17, 15) is 0 Å². The van der Waals surface area contributed by atoms with Crippen molar-refractivity contribution in [3.8, 4) is 56.4 Å². The van der Waals surface area contributed by atoms with Crippen LogP contribution in [0.4, 0.5) is 0 Å². The number of hydrogen-bond acceptors (Lipinski definition) is 4. The maximum atomic E-state index is 6.45. The SMILES string of the molecule is CC1(C)c2ccccc2-c2cc(-c3ccc4oc5cccc(-c6nc(-c7ccccc7)nc(-c7ccccc7)n6)c5c4c3)ccc2C1(C)C. The van der Waals surface area contributed by atoms with Crippen molar-refractivity contribution in [2.45, 2.75) is 38.5 Å². The Balaban J connectivity index is 1.23. The fourth-order valence-corrected chi connectivity index (χ4v) is 7.55. The third-order valence-electron chi connectivity index (χ3n) is 10.9. The minimum atomic E-state index is -0.0312. The molecule has 0 unspecified atom stereocenters. The number of nitrogens with zero attached hydrogens (tertiary/aromatic N) is 3. The van der Waals surface area contributed by atoms with Crippen molar-refractivity contribution in [3.05, 3.63) is 151 Å². The number of fused-ring (bicyclic) bond motifs is 6. The molecular formula is C45H35N3O. The maximum absolute atomic E-state index is 6.45. The van der Waals surface area contributed by atoms with E-state index in [1.807, 2.05) is 72.8 Å². The quantitative estimate of drug-likeness (QED) is 0.193. The van der Waals surface area contributed by atoms with Crippen molar-refractivity contribution < 1.29 is 4.42 Å². The normalized spacial score (nSPS) is 14.4. The van der Waals surface area contributed by atoms with E-state index >= 15 is 0 Å². The molecule has 0 saturated heterocycles. The monoisotopic (exact) mass is 633 g/mol. The molecule has 9 rings (SSSR count). The predicted molar refractivity (Wildman–Crippen MR) is 200 cm³/mol. The Morgan fingerprint density at radius 3 is 1.65 bits per heavy atom. The summed E-state index contributed by atoms with van der Waals surface area (Å²) in [4.78, 5) is 15.0. The van der Waals surface area contributed by atoms with Gasteiger partial charge < -0.3 is 4.42 Å². The zero-order valence-corrected chi connectivity index (χ0v) is 28.0. The van der Waals surface area contributed by atoms with Crippen molar-refractivity contribution >= 4 is 21.9 Å². The topological polar surface area (TPSA) is 51.8 Å². The van der Waals surface area contributed by atoms with E-state index in [1.165, 1.54) is 27.8 Å². The number of benzene rings is 6. The molecule has 1 aliphatic carbocycles. The molecule has 4 heteroatoms. The molecule has 6 aromatic carbocycles. The molecular weight excluding hydrogens is 599 g/mol. The second-order valence-corrected chi connectivity index (χ2v) is 14.1. The first kappa shape index (κ1) is 29.3. The summed E-state index contributed by atoms with van der Waals surface area (Å²) in [5.41, 5.74) is 12.1. The second-order valence-electron chi connectivity index (χ2n) is 14.1. The van der Waals surface area contributed by atoms with E-state index in [0.29, 0.717) is 17.5 Å². The summed E-state index contributed by atoms with van der Waals surface area (Å²) < 4.78 is 6.45. The van der Waals surface area contributed by atoms with Crippen molar-refractivity contribution in [1.82, 2.24) is 15.0 Å². The second kappa shape index (κ2) is 10.8. The van der Waals surface area contributed by atoms with Gasteiger partial charge in [-0.1, -0.05) is 143 Å². The zero-order chi connectivity index (χ0) is 33.3. The molecule has 4 nitrogen and oxygen atoms in total. The highest BCUT2D eigenvalue weighted by molar-refractivity contribution is 6.12. The molecule has 0 saturated carbocycles. The average Bonchev–Trinajstić information content (AvgIpc) is 3.53. The molecule has 49 heavy (non-hydrogen) atoms. The molecule has 0 spiro atoms. The van der Waals surface area contributed by atoms with Crippen molar-refractivity contribution in [1.29, 1.82) is 0 Å². The third-order valence-corrected chi connectivity index (χ3v) is 10.9. The standard InChI is InChI=1S/C45H35N3O/c1-44(2)36-20-12-11-18-32(36)34-26-30(22-24-37(34)45(44,3)4)31-23-25-38-35(27-31)40-33(19-13-21-39(40)49-38)43-47-41(28-14-7-5-8-15-28)46-42(48-43)29-16-9-6-10-17-29/h5-27H,1-4H3. The third kappa shape index (κ3) is 4.55. The predicted octanol–water partition coefficient (Wildman–Crippen LogP) is 11.7. The number of furan rings is 1. The number of rotatable bonds is 4. The van der Waals surface area contributed by atoms with E-state index in [1.54, 1.807) is 0 Å². The van der Waals surface area contributed by atoms with Gasteiger partial charge >= 0.3 is 0 Å². The van der Waals surface area contributed by atoms with Crippen LogP contribution in [0, 0.1) is 0 Å². The van der Waals surface area contributed by atoms with Gasteiger partial charge in [0.25, 0.3) is 0 Å². The lowest BCUT2D eigenvalue weighted by Crippen LogP contribution is -2.43. The molecule has 236 valence electrons. The van der Waals surface area contributed by atoms with Crippen LogP contribution >= 0.6 is 0 Å². The molecule has 2 heterocycles. The van der Waals surface area contributed by atoms with E-state index in [2.05, 4.69) is 94.4 Å². The minimum absolute atomic E-state index is 0.00108. The van der Waals surface area contributed by atoms with Gasteiger partial charge in [-0.25, -0.2) is 15.0 Å². The molecule has 1 aliphatic rings. The highest BCUT2D eigenvalue weighted by Gasteiger charge is 2.45. The van der Waals surface area contributed by atoms with Crippen LogP contribution in [0.1, 0.15) is 38.8 Å². The van der Waals surface area contributed by atoms with Crippen molar-refractivity contribution in [2.75, 3.05) is 0 Å². The summed E-state index contributed by atoms with van der Waals surface area (Å²) in [6, 6.07) is 48.7. The molecule has 0 aliphatic heterocycles. The van der Waals surface area contributed by atoms with E-state index in [0.717, 1.165) is 44.2 Å². The lowest BCUT2D eigenvalue weighted by Gasteiger charge is -2.48. The Bertz CT molecular complexity index is 2490. The smallest absolute Gasteiger partial charge is 0.164 e. The van der Waals surface area contributed by atoms with E-state index in [4.69, 9.17) is 19.4 Å².